The molecule has 0 aliphatic heterocycles. The standard InChI is InChI=1S/2C22H22O5/c2*1-26-20(23)11-7-4-8-16-22(25,21(24)27-2)19-14-12-18(13-15-19)17-9-5-3-6-10-17/h2*3-15,25H,16H2,1-2H3/b2*8-4+,11-7+/t2*22-/m11/s1. The van der Waals surface area contributed by atoms with Gasteiger partial charge in [-0.3, -0.25) is 0 Å². The third-order valence-corrected chi connectivity index (χ3v) is 8.17. The number of hydrogen-bond acceptors (Lipinski definition) is 10. The fraction of sp³-hybridized carbons (Fsp3) is 0.182. The molecular weight excluding hydrogens is 688 g/mol. The summed E-state index contributed by atoms with van der Waals surface area (Å²) < 4.78 is 18.5. The third kappa shape index (κ3) is 11.8. The van der Waals surface area contributed by atoms with Gasteiger partial charge in [-0.15, -0.1) is 0 Å². The zero-order chi connectivity index (χ0) is 39.4. The largest absolute Gasteiger partial charge is 0.467 e. The normalized spacial score (nSPS) is 13.4. The van der Waals surface area contributed by atoms with Crippen LogP contribution in [0, 0.1) is 0 Å². The Morgan fingerprint density at radius 2 is 0.778 bits per heavy atom. The summed E-state index contributed by atoms with van der Waals surface area (Å²) in [6.45, 7) is 0. The Morgan fingerprint density at radius 1 is 0.463 bits per heavy atom. The molecule has 0 aliphatic carbocycles. The minimum absolute atomic E-state index is 0.00410. The van der Waals surface area contributed by atoms with E-state index < -0.39 is 35.1 Å². The summed E-state index contributed by atoms with van der Waals surface area (Å²) in [5, 5.41) is 21.9. The first-order chi connectivity index (χ1) is 26.0. The van der Waals surface area contributed by atoms with E-state index in [0.717, 1.165) is 22.3 Å². The van der Waals surface area contributed by atoms with Gasteiger partial charge in [-0.25, -0.2) is 19.2 Å². The lowest BCUT2D eigenvalue weighted by Gasteiger charge is -2.24. The van der Waals surface area contributed by atoms with Crippen LogP contribution in [0.4, 0.5) is 0 Å². The molecule has 0 fully saturated rings. The number of allylic oxidation sites excluding steroid dienone is 4. The van der Waals surface area contributed by atoms with Crippen molar-refractivity contribution in [2.24, 2.45) is 0 Å². The van der Waals surface area contributed by atoms with E-state index in [2.05, 4.69) is 9.47 Å². The van der Waals surface area contributed by atoms with E-state index in [9.17, 15) is 29.4 Å². The Hall–Kier alpha value is -6.36. The van der Waals surface area contributed by atoms with Crippen molar-refractivity contribution in [1.29, 1.82) is 0 Å². The highest BCUT2D eigenvalue weighted by molar-refractivity contribution is 5.83. The van der Waals surface area contributed by atoms with Crippen LogP contribution in [0.5, 0.6) is 0 Å². The summed E-state index contributed by atoms with van der Waals surface area (Å²) in [4.78, 5) is 46.5. The van der Waals surface area contributed by atoms with E-state index in [1.165, 1.54) is 52.7 Å². The van der Waals surface area contributed by atoms with Gasteiger partial charge in [0.15, 0.2) is 11.2 Å². The molecule has 0 saturated carbocycles. The van der Waals surface area contributed by atoms with Crippen molar-refractivity contribution in [3.63, 3.8) is 0 Å². The summed E-state index contributed by atoms with van der Waals surface area (Å²) in [5.74, 6) is -2.48. The molecular formula is C44H44O10. The number of esters is 4. The van der Waals surface area contributed by atoms with Gasteiger partial charge in [-0.1, -0.05) is 146 Å². The van der Waals surface area contributed by atoms with Crippen LogP contribution in [0.1, 0.15) is 24.0 Å². The number of benzene rings is 4. The van der Waals surface area contributed by atoms with Gasteiger partial charge in [0.25, 0.3) is 0 Å². The molecule has 4 aromatic carbocycles. The second-order valence-electron chi connectivity index (χ2n) is 11.6. The van der Waals surface area contributed by atoms with Gasteiger partial charge in [0.05, 0.1) is 28.4 Å². The molecule has 10 heteroatoms. The smallest absolute Gasteiger partial charge is 0.342 e. The molecule has 0 amide bonds. The number of rotatable bonds is 14. The quantitative estimate of drug-likeness (QED) is 0.0616. The molecule has 2 atom stereocenters. The zero-order valence-electron chi connectivity index (χ0n) is 30.6. The second-order valence-corrected chi connectivity index (χ2v) is 11.6. The Labute approximate surface area is 315 Å². The van der Waals surface area contributed by atoms with Crippen molar-refractivity contribution in [3.8, 4) is 22.3 Å². The Balaban J connectivity index is 0.000000290. The predicted molar refractivity (Wildman–Crippen MR) is 205 cm³/mol. The van der Waals surface area contributed by atoms with Crippen LogP contribution < -0.4 is 0 Å². The van der Waals surface area contributed by atoms with Gasteiger partial charge < -0.3 is 29.2 Å². The lowest BCUT2D eigenvalue weighted by atomic mass is 9.89. The van der Waals surface area contributed by atoms with Crippen molar-refractivity contribution in [2.45, 2.75) is 24.0 Å². The minimum Gasteiger partial charge on any atom is -0.467 e. The lowest BCUT2D eigenvalue weighted by Crippen LogP contribution is -2.36. The summed E-state index contributed by atoms with van der Waals surface area (Å²) >= 11 is 0. The summed E-state index contributed by atoms with van der Waals surface area (Å²) in [6.07, 6.45) is 11.7. The molecule has 0 aromatic heterocycles. The van der Waals surface area contributed by atoms with Gasteiger partial charge in [0.1, 0.15) is 0 Å². The molecule has 4 rings (SSSR count). The predicted octanol–water partition coefficient (Wildman–Crippen LogP) is 6.78. The fourth-order valence-corrected chi connectivity index (χ4v) is 5.15. The average Bonchev–Trinajstić information content (AvgIpc) is 3.23. The monoisotopic (exact) mass is 732 g/mol. The van der Waals surface area contributed by atoms with E-state index in [1.54, 1.807) is 48.6 Å². The lowest BCUT2D eigenvalue weighted by molar-refractivity contribution is -0.163. The number of hydrogen-bond donors (Lipinski definition) is 2. The van der Waals surface area contributed by atoms with E-state index in [-0.39, 0.29) is 12.8 Å². The first-order valence-corrected chi connectivity index (χ1v) is 16.8. The molecule has 4 aromatic rings. The molecule has 2 N–H and O–H groups in total. The molecule has 10 nitrogen and oxygen atoms in total. The molecule has 280 valence electrons. The van der Waals surface area contributed by atoms with Crippen LogP contribution >= 0.6 is 0 Å². The van der Waals surface area contributed by atoms with E-state index >= 15 is 0 Å². The maximum absolute atomic E-state index is 12.2. The van der Waals surface area contributed by atoms with Crippen molar-refractivity contribution in [3.05, 3.63) is 169 Å². The number of ether oxygens (including phenoxy) is 4. The molecule has 0 aliphatic rings. The van der Waals surface area contributed by atoms with E-state index in [4.69, 9.17) is 9.47 Å². The second kappa shape index (κ2) is 21.2. The Morgan fingerprint density at radius 3 is 1.07 bits per heavy atom. The maximum Gasteiger partial charge on any atom is 0.342 e. The molecule has 0 heterocycles. The van der Waals surface area contributed by atoms with E-state index in [0.29, 0.717) is 11.1 Å². The van der Waals surface area contributed by atoms with Gasteiger partial charge in [-0.2, -0.15) is 0 Å². The van der Waals surface area contributed by atoms with Crippen LogP contribution in [0.25, 0.3) is 22.3 Å². The molecule has 0 bridgehead atoms. The van der Waals surface area contributed by atoms with Gasteiger partial charge in [0.2, 0.25) is 0 Å². The molecule has 54 heavy (non-hydrogen) atoms. The highest BCUT2D eigenvalue weighted by atomic mass is 16.5. The van der Waals surface area contributed by atoms with Crippen LogP contribution in [-0.2, 0) is 49.3 Å². The SMILES string of the molecule is COC(=O)/C=C/C=C/C[C@](O)(C(=O)OC)c1ccc(-c2ccccc2)cc1.COC(=O)/C=C/C=C/C[C@](O)(C(=O)OC)c1ccc(-c2ccccc2)cc1. The first kappa shape index (κ1) is 42.1. The Kier molecular flexibility index (Phi) is 16.5. The maximum atomic E-state index is 12.2. The number of methoxy groups -OCH3 is 4. The van der Waals surface area contributed by atoms with Gasteiger partial charge in [-0.05, 0) is 33.4 Å². The van der Waals surface area contributed by atoms with Crippen molar-refractivity contribution in [2.75, 3.05) is 28.4 Å². The van der Waals surface area contributed by atoms with Crippen molar-refractivity contribution in [1.82, 2.24) is 0 Å². The number of aliphatic hydroxyl groups is 2. The summed E-state index contributed by atoms with van der Waals surface area (Å²) in [5.41, 5.74) is 1.24. The van der Waals surface area contributed by atoms with Gasteiger partial charge >= 0.3 is 23.9 Å². The van der Waals surface area contributed by atoms with Crippen LogP contribution in [-0.4, -0.2) is 62.5 Å². The highest BCUT2D eigenvalue weighted by Gasteiger charge is 2.39. The van der Waals surface area contributed by atoms with Crippen molar-refractivity contribution < 1.29 is 48.3 Å². The topological polar surface area (TPSA) is 146 Å². The van der Waals surface area contributed by atoms with Crippen molar-refractivity contribution >= 4 is 23.9 Å². The van der Waals surface area contributed by atoms with Crippen LogP contribution in [0.3, 0.4) is 0 Å². The summed E-state index contributed by atoms with van der Waals surface area (Å²) in [6, 6.07) is 33.8. The van der Waals surface area contributed by atoms with Gasteiger partial charge in [0, 0.05) is 25.0 Å². The zero-order valence-corrected chi connectivity index (χ0v) is 30.6. The average molecular weight is 733 g/mol. The number of carbonyl (C=O) groups is 4. The molecule has 0 saturated heterocycles. The third-order valence-electron chi connectivity index (χ3n) is 8.17. The summed E-state index contributed by atoms with van der Waals surface area (Å²) in [7, 11) is 5.02. The van der Waals surface area contributed by atoms with E-state index in [1.807, 2.05) is 84.9 Å². The van der Waals surface area contributed by atoms with Crippen LogP contribution in [0.15, 0.2) is 158 Å². The number of carbonyl (C=O) groups excluding carboxylic acids is 4. The molecule has 0 spiro atoms. The Bertz CT molecular complexity index is 1790. The minimum atomic E-state index is -1.82. The highest BCUT2D eigenvalue weighted by Crippen LogP contribution is 2.31. The molecule has 0 radical (unpaired) electrons. The first-order valence-electron chi connectivity index (χ1n) is 16.8. The molecule has 0 unspecified atom stereocenters. The van der Waals surface area contributed by atoms with Crippen LogP contribution in [0.2, 0.25) is 0 Å². The fourth-order valence-electron chi connectivity index (χ4n) is 5.15.